The van der Waals surface area contributed by atoms with Crippen LogP contribution in [-0.4, -0.2) is 26.9 Å². The van der Waals surface area contributed by atoms with Crippen LogP contribution >= 0.6 is 11.3 Å². The number of hydrogen-bond acceptors (Lipinski definition) is 3. The summed E-state index contributed by atoms with van der Waals surface area (Å²) in [5.74, 6) is 6.67. The zero-order chi connectivity index (χ0) is 11.8. The first kappa shape index (κ1) is 13.2. The molecule has 0 fully saturated rings. The third-order valence-corrected chi connectivity index (χ3v) is 2.97. The number of thiophene rings is 1. The topological polar surface area (TPSA) is 18.5 Å². The fraction of sp³-hybridized carbons (Fsp3) is 0.538. The number of hydrogen-bond donors (Lipinski definition) is 0. The summed E-state index contributed by atoms with van der Waals surface area (Å²) in [7, 11) is 1.66. The van der Waals surface area contributed by atoms with Gasteiger partial charge in [-0.2, -0.15) is 0 Å². The first-order valence-corrected chi connectivity index (χ1v) is 6.26. The van der Waals surface area contributed by atoms with Crippen LogP contribution in [0.4, 0.5) is 0 Å². The minimum Gasteiger partial charge on any atom is -0.382 e. The molecule has 0 radical (unpaired) electrons. The quantitative estimate of drug-likeness (QED) is 0.580. The molecule has 1 heterocycles. The number of rotatable bonds is 5. The van der Waals surface area contributed by atoms with Crippen molar-refractivity contribution in [1.29, 1.82) is 0 Å². The summed E-state index contributed by atoms with van der Waals surface area (Å²) in [6.07, 6.45) is 0. The molecule has 0 aliphatic rings. The van der Waals surface area contributed by atoms with Crippen LogP contribution in [0.2, 0.25) is 0 Å². The zero-order valence-corrected chi connectivity index (χ0v) is 10.9. The predicted octanol–water partition coefficient (Wildman–Crippen LogP) is 2.89. The minimum absolute atomic E-state index is 0.471. The van der Waals surface area contributed by atoms with E-state index in [9.17, 15) is 0 Å². The van der Waals surface area contributed by atoms with Gasteiger partial charge in [-0.05, 0) is 22.9 Å². The van der Waals surface area contributed by atoms with Crippen LogP contribution in [0.1, 0.15) is 30.2 Å². The fourth-order valence-corrected chi connectivity index (χ4v) is 2.05. The van der Waals surface area contributed by atoms with E-state index in [-0.39, 0.29) is 0 Å². The number of ether oxygens (including phenoxy) is 2. The van der Waals surface area contributed by atoms with E-state index in [4.69, 9.17) is 9.47 Å². The fourth-order valence-electron chi connectivity index (χ4n) is 1.11. The lowest BCUT2D eigenvalue weighted by atomic mass is 10.1. The van der Waals surface area contributed by atoms with Gasteiger partial charge in [-0.1, -0.05) is 25.7 Å². The maximum absolute atomic E-state index is 5.26. The molecule has 0 amide bonds. The molecular formula is C13H18O2S. The van der Waals surface area contributed by atoms with E-state index in [1.165, 1.54) is 5.56 Å². The van der Waals surface area contributed by atoms with E-state index in [1.807, 2.05) is 0 Å². The summed E-state index contributed by atoms with van der Waals surface area (Å²) in [4.78, 5) is 1.11. The van der Waals surface area contributed by atoms with E-state index >= 15 is 0 Å². The van der Waals surface area contributed by atoms with Crippen molar-refractivity contribution >= 4 is 11.3 Å². The third-order valence-electron chi connectivity index (χ3n) is 2.10. The molecule has 0 unspecified atom stereocenters. The van der Waals surface area contributed by atoms with Gasteiger partial charge < -0.3 is 9.47 Å². The van der Waals surface area contributed by atoms with Gasteiger partial charge in [0.25, 0.3) is 0 Å². The molecule has 16 heavy (non-hydrogen) atoms. The van der Waals surface area contributed by atoms with Crippen molar-refractivity contribution in [3.63, 3.8) is 0 Å². The van der Waals surface area contributed by atoms with Crippen molar-refractivity contribution in [2.75, 3.05) is 26.9 Å². The van der Waals surface area contributed by atoms with E-state index < -0.39 is 0 Å². The average Bonchev–Trinajstić information content (AvgIpc) is 2.72. The molecule has 1 aromatic heterocycles. The second-order valence-corrected chi connectivity index (χ2v) is 4.66. The van der Waals surface area contributed by atoms with Crippen molar-refractivity contribution in [2.24, 2.45) is 0 Å². The molecule has 1 aromatic rings. The van der Waals surface area contributed by atoms with Gasteiger partial charge in [-0.25, -0.2) is 0 Å². The Bertz CT molecular complexity index is 357. The highest BCUT2D eigenvalue weighted by Crippen LogP contribution is 2.20. The molecule has 0 aliphatic heterocycles. The standard InChI is InChI=1S/C13H18O2S/c1-11(2)12-9-13(16-10-12)5-4-6-15-8-7-14-3/h9-11H,6-8H2,1-3H3. The van der Waals surface area contributed by atoms with Crippen LogP contribution in [0.5, 0.6) is 0 Å². The van der Waals surface area contributed by atoms with E-state index in [1.54, 1.807) is 18.4 Å². The lowest BCUT2D eigenvalue weighted by Gasteiger charge is -1.97. The molecule has 0 bridgehead atoms. The highest BCUT2D eigenvalue weighted by molar-refractivity contribution is 7.10. The van der Waals surface area contributed by atoms with Crippen molar-refractivity contribution < 1.29 is 9.47 Å². The summed E-state index contributed by atoms with van der Waals surface area (Å²) in [5.41, 5.74) is 1.36. The lowest BCUT2D eigenvalue weighted by Crippen LogP contribution is -2.01. The Morgan fingerprint density at radius 2 is 2.19 bits per heavy atom. The molecule has 0 atom stereocenters. The predicted molar refractivity (Wildman–Crippen MR) is 68.0 cm³/mol. The van der Waals surface area contributed by atoms with Gasteiger partial charge in [0.05, 0.1) is 18.1 Å². The zero-order valence-electron chi connectivity index (χ0n) is 10.1. The van der Waals surface area contributed by atoms with Crippen molar-refractivity contribution in [3.8, 4) is 11.8 Å². The van der Waals surface area contributed by atoms with Crippen molar-refractivity contribution in [1.82, 2.24) is 0 Å². The highest BCUT2D eigenvalue weighted by atomic mass is 32.1. The average molecular weight is 238 g/mol. The monoisotopic (exact) mass is 238 g/mol. The van der Waals surface area contributed by atoms with E-state index in [0.29, 0.717) is 25.7 Å². The van der Waals surface area contributed by atoms with E-state index in [0.717, 1.165) is 4.88 Å². The van der Waals surface area contributed by atoms with Gasteiger partial charge in [0.2, 0.25) is 0 Å². The smallest absolute Gasteiger partial charge is 0.108 e. The molecule has 0 aliphatic carbocycles. The summed E-state index contributed by atoms with van der Waals surface area (Å²) >= 11 is 1.69. The van der Waals surface area contributed by atoms with Crippen LogP contribution in [-0.2, 0) is 9.47 Å². The molecule has 0 spiro atoms. The molecular weight excluding hydrogens is 220 g/mol. The largest absolute Gasteiger partial charge is 0.382 e. The first-order valence-electron chi connectivity index (χ1n) is 5.38. The molecule has 0 N–H and O–H groups in total. The van der Waals surface area contributed by atoms with Gasteiger partial charge in [-0.15, -0.1) is 11.3 Å². The molecule has 88 valence electrons. The second-order valence-electron chi connectivity index (χ2n) is 3.75. The van der Waals surface area contributed by atoms with Crippen molar-refractivity contribution in [2.45, 2.75) is 19.8 Å². The summed E-state index contributed by atoms with van der Waals surface area (Å²) in [6, 6.07) is 2.15. The van der Waals surface area contributed by atoms with Crippen molar-refractivity contribution in [3.05, 3.63) is 21.9 Å². The van der Waals surface area contributed by atoms with Crippen LogP contribution in [0.15, 0.2) is 11.4 Å². The van der Waals surface area contributed by atoms with Gasteiger partial charge in [0.1, 0.15) is 6.61 Å². The first-order chi connectivity index (χ1) is 7.74. The molecule has 3 heteroatoms. The molecule has 0 saturated heterocycles. The van der Waals surface area contributed by atoms with Gasteiger partial charge in [-0.3, -0.25) is 0 Å². The Kier molecular flexibility index (Phi) is 6.17. The Morgan fingerprint density at radius 1 is 1.38 bits per heavy atom. The Labute approximate surface area is 102 Å². The lowest BCUT2D eigenvalue weighted by molar-refractivity contribution is 0.0877. The molecule has 2 nitrogen and oxygen atoms in total. The Balaban J connectivity index is 2.32. The van der Waals surface area contributed by atoms with Gasteiger partial charge in [0.15, 0.2) is 0 Å². The molecule has 1 rings (SSSR count). The maximum atomic E-state index is 5.26. The SMILES string of the molecule is COCCOCC#Cc1cc(C(C)C)cs1. The van der Waals surface area contributed by atoms with Gasteiger partial charge in [0, 0.05) is 7.11 Å². The number of methoxy groups -OCH3 is 1. The van der Waals surface area contributed by atoms with Gasteiger partial charge >= 0.3 is 0 Å². The van der Waals surface area contributed by atoms with Crippen LogP contribution in [0, 0.1) is 11.8 Å². The van der Waals surface area contributed by atoms with Crippen LogP contribution in [0.3, 0.4) is 0 Å². The normalized spacial score (nSPS) is 10.2. The maximum Gasteiger partial charge on any atom is 0.108 e. The Hall–Kier alpha value is -0.820. The third kappa shape index (κ3) is 4.80. The van der Waals surface area contributed by atoms with Crippen LogP contribution < -0.4 is 0 Å². The molecule has 0 aromatic carbocycles. The highest BCUT2D eigenvalue weighted by Gasteiger charge is 2.00. The van der Waals surface area contributed by atoms with E-state index in [2.05, 4.69) is 37.1 Å². The summed E-state index contributed by atoms with van der Waals surface area (Å²) in [6.45, 7) is 6.07. The minimum atomic E-state index is 0.471. The van der Waals surface area contributed by atoms with Crippen LogP contribution in [0.25, 0.3) is 0 Å². The summed E-state index contributed by atoms with van der Waals surface area (Å²) in [5, 5.41) is 2.17. The molecule has 0 saturated carbocycles. The second kappa shape index (κ2) is 7.45. The Morgan fingerprint density at radius 3 is 2.81 bits per heavy atom. The summed E-state index contributed by atoms with van der Waals surface area (Å²) < 4.78 is 10.1.